The fourth-order valence-corrected chi connectivity index (χ4v) is 4.79. The molecule has 0 unspecified atom stereocenters. The summed E-state index contributed by atoms with van der Waals surface area (Å²) in [6, 6.07) is 12.1. The highest BCUT2D eigenvalue weighted by Crippen LogP contribution is 2.37. The summed E-state index contributed by atoms with van der Waals surface area (Å²) in [4.78, 5) is 26.8. The number of fused-ring (bicyclic) bond motifs is 1. The van der Waals surface area contributed by atoms with E-state index in [1.165, 1.54) is 11.0 Å². The zero-order valence-corrected chi connectivity index (χ0v) is 21.9. The number of benzene rings is 2. The summed E-state index contributed by atoms with van der Waals surface area (Å²) >= 11 is 0. The Balaban J connectivity index is 1.37. The molecule has 0 saturated heterocycles. The van der Waals surface area contributed by atoms with E-state index in [0.717, 1.165) is 10.7 Å². The maximum Gasteiger partial charge on any atom is 0.435 e. The quantitative estimate of drug-likeness (QED) is 0.358. The number of esters is 1. The van der Waals surface area contributed by atoms with Crippen LogP contribution < -0.4 is 19.1 Å². The number of nitrogens with zero attached hydrogens (tertiary/aromatic N) is 3. The van der Waals surface area contributed by atoms with Crippen LogP contribution in [0.15, 0.2) is 48.5 Å². The monoisotopic (exact) mass is 559 g/mol. The molecule has 9 nitrogen and oxygen atoms in total. The van der Waals surface area contributed by atoms with Crippen LogP contribution in [-0.4, -0.2) is 48.2 Å². The minimum atomic E-state index is -4.70. The molecule has 2 aliphatic rings. The Morgan fingerprint density at radius 1 is 1.05 bits per heavy atom. The molecule has 1 aliphatic heterocycles. The summed E-state index contributed by atoms with van der Waals surface area (Å²) in [6.07, 6.45) is -3.11. The smallest absolute Gasteiger partial charge is 0.435 e. The van der Waals surface area contributed by atoms with E-state index in [1.807, 2.05) is 0 Å². The minimum absolute atomic E-state index is 0.0966. The summed E-state index contributed by atoms with van der Waals surface area (Å²) in [7, 11) is 1.59. The molecule has 212 valence electrons. The van der Waals surface area contributed by atoms with Gasteiger partial charge in [-0.05, 0) is 62.9 Å². The van der Waals surface area contributed by atoms with E-state index in [-0.39, 0.29) is 41.7 Å². The standard InChI is InChI=1S/C28H28F3N3O6/c1-3-37-27(36)17-7-10-21(11-8-17)40-25-15-24(28(29,30)31)32-34(25)20-6-4-5-18(13-20)26(35)33(2)19-9-12-22-23(14-19)39-16-38-22/h4-6,9,12-15,17,21H,3,7-8,10-11,16H2,1-2H3. The number of carbonyl (C=O) groups is 2. The number of hydrogen-bond donors (Lipinski definition) is 0. The van der Waals surface area contributed by atoms with Crippen molar-refractivity contribution in [2.75, 3.05) is 25.3 Å². The van der Waals surface area contributed by atoms with Gasteiger partial charge >= 0.3 is 12.1 Å². The molecular weight excluding hydrogens is 531 g/mol. The van der Waals surface area contributed by atoms with Crippen molar-refractivity contribution >= 4 is 17.6 Å². The fraction of sp³-hybridized carbons (Fsp3) is 0.393. The average Bonchev–Trinajstić information content (AvgIpc) is 3.60. The van der Waals surface area contributed by atoms with Crippen LogP contribution in [0.4, 0.5) is 18.9 Å². The number of halogens is 3. The molecule has 12 heteroatoms. The zero-order valence-electron chi connectivity index (χ0n) is 21.9. The minimum Gasteiger partial charge on any atom is -0.474 e. The van der Waals surface area contributed by atoms with Crippen molar-refractivity contribution in [2.24, 2.45) is 5.92 Å². The van der Waals surface area contributed by atoms with Crippen molar-refractivity contribution in [3.8, 4) is 23.1 Å². The van der Waals surface area contributed by atoms with Gasteiger partial charge < -0.3 is 23.8 Å². The van der Waals surface area contributed by atoms with E-state index >= 15 is 0 Å². The lowest BCUT2D eigenvalue weighted by Crippen LogP contribution is -2.29. The van der Waals surface area contributed by atoms with Crippen molar-refractivity contribution < 1.29 is 41.7 Å². The van der Waals surface area contributed by atoms with Gasteiger partial charge in [0.15, 0.2) is 17.2 Å². The van der Waals surface area contributed by atoms with Crippen molar-refractivity contribution in [3.05, 3.63) is 59.8 Å². The predicted molar refractivity (Wildman–Crippen MR) is 137 cm³/mol. The van der Waals surface area contributed by atoms with Gasteiger partial charge in [-0.1, -0.05) is 6.07 Å². The van der Waals surface area contributed by atoms with E-state index < -0.39 is 18.0 Å². The van der Waals surface area contributed by atoms with Crippen molar-refractivity contribution in [1.82, 2.24) is 9.78 Å². The van der Waals surface area contributed by atoms with Gasteiger partial charge in [0.1, 0.15) is 6.10 Å². The lowest BCUT2D eigenvalue weighted by Gasteiger charge is -2.27. The predicted octanol–water partition coefficient (Wildman–Crippen LogP) is 5.40. The molecule has 0 radical (unpaired) electrons. The third kappa shape index (κ3) is 5.70. The first-order chi connectivity index (χ1) is 19.1. The molecule has 3 aromatic rings. The first-order valence-corrected chi connectivity index (χ1v) is 12.9. The van der Waals surface area contributed by atoms with E-state index in [9.17, 15) is 22.8 Å². The zero-order chi connectivity index (χ0) is 28.4. The van der Waals surface area contributed by atoms with Gasteiger partial charge in [-0.25, -0.2) is 4.68 Å². The Morgan fingerprint density at radius 3 is 2.52 bits per heavy atom. The first kappa shape index (κ1) is 27.4. The number of alkyl halides is 3. The third-order valence-corrected chi connectivity index (χ3v) is 6.93. The van der Waals surface area contributed by atoms with E-state index in [2.05, 4.69) is 5.10 Å². The number of rotatable bonds is 7. The largest absolute Gasteiger partial charge is 0.474 e. The van der Waals surface area contributed by atoms with Gasteiger partial charge in [-0.2, -0.15) is 18.3 Å². The lowest BCUT2D eigenvalue weighted by atomic mass is 9.87. The number of carbonyl (C=O) groups excluding carboxylic acids is 2. The Bertz CT molecular complexity index is 1400. The Labute approximate surface area is 228 Å². The van der Waals surface area contributed by atoms with Crippen LogP contribution in [0.25, 0.3) is 5.69 Å². The van der Waals surface area contributed by atoms with Crippen LogP contribution in [0.5, 0.6) is 17.4 Å². The summed E-state index contributed by atoms with van der Waals surface area (Å²) in [5.41, 5.74) is -0.0873. The van der Waals surface area contributed by atoms with Crippen LogP contribution in [-0.2, 0) is 15.7 Å². The second-order valence-electron chi connectivity index (χ2n) is 9.57. The Hall–Kier alpha value is -4.22. The molecular formula is C28H28F3N3O6. The van der Waals surface area contributed by atoms with E-state index in [0.29, 0.717) is 49.5 Å². The normalized spacial score (nSPS) is 18.3. The molecule has 1 amide bonds. The van der Waals surface area contributed by atoms with Crippen LogP contribution >= 0.6 is 0 Å². The molecule has 1 saturated carbocycles. The molecule has 2 heterocycles. The number of hydrogen-bond acceptors (Lipinski definition) is 7. The molecule has 5 rings (SSSR count). The highest BCUT2D eigenvalue weighted by molar-refractivity contribution is 6.06. The topological polar surface area (TPSA) is 92.1 Å². The van der Waals surface area contributed by atoms with Gasteiger partial charge in [0.25, 0.3) is 5.91 Å². The lowest BCUT2D eigenvalue weighted by molar-refractivity contribution is -0.149. The van der Waals surface area contributed by atoms with Crippen molar-refractivity contribution in [3.63, 3.8) is 0 Å². The number of amides is 1. The number of aromatic nitrogens is 2. The van der Waals surface area contributed by atoms with Gasteiger partial charge in [-0.15, -0.1) is 0 Å². The van der Waals surface area contributed by atoms with E-state index in [4.69, 9.17) is 18.9 Å². The molecule has 0 spiro atoms. The molecule has 0 atom stereocenters. The maximum atomic E-state index is 13.6. The maximum absolute atomic E-state index is 13.6. The van der Waals surface area contributed by atoms with E-state index in [1.54, 1.807) is 50.4 Å². The first-order valence-electron chi connectivity index (χ1n) is 12.9. The summed E-state index contributed by atoms with van der Waals surface area (Å²) < 4.78 is 63.7. The molecule has 0 N–H and O–H groups in total. The number of anilines is 1. The second kappa shape index (κ2) is 11.1. The van der Waals surface area contributed by atoms with Gasteiger partial charge in [0.2, 0.25) is 12.7 Å². The summed E-state index contributed by atoms with van der Waals surface area (Å²) in [5.74, 6) is 0.0922. The SMILES string of the molecule is CCOC(=O)C1CCC(Oc2cc(C(F)(F)F)nn2-c2cccc(C(=O)N(C)c3ccc4c(c3)OCO4)c2)CC1. The molecule has 40 heavy (non-hydrogen) atoms. The van der Waals surface area contributed by atoms with Gasteiger partial charge in [-0.3, -0.25) is 9.59 Å². The van der Waals surface area contributed by atoms with Crippen LogP contribution in [0, 0.1) is 5.92 Å². The van der Waals surface area contributed by atoms with Gasteiger partial charge in [0.05, 0.1) is 18.2 Å². The Kier molecular flexibility index (Phi) is 7.59. The molecule has 1 aromatic heterocycles. The van der Waals surface area contributed by atoms with Crippen LogP contribution in [0.1, 0.15) is 48.7 Å². The molecule has 2 aromatic carbocycles. The molecule has 1 fully saturated rings. The Morgan fingerprint density at radius 2 is 1.80 bits per heavy atom. The van der Waals surface area contributed by atoms with Crippen LogP contribution in [0.2, 0.25) is 0 Å². The summed E-state index contributed by atoms with van der Waals surface area (Å²) in [6.45, 7) is 2.13. The highest BCUT2D eigenvalue weighted by Gasteiger charge is 2.37. The summed E-state index contributed by atoms with van der Waals surface area (Å²) in [5, 5.41) is 3.76. The van der Waals surface area contributed by atoms with Crippen molar-refractivity contribution in [1.29, 1.82) is 0 Å². The fourth-order valence-electron chi connectivity index (χ4n) is 4.79. The molecule has 1 aliphatic carbocycles. The van der Waals surface area contributed by atoms with Gasteiger partial charge in [0, 0.05) is 30.4 Å². The second-order valence-corrected chi connectivity index (χ2v) is 9.57. The van der Waals surface area contributed by atoms with Crippen molar-refractivity contribution in [2.45, 2.75) is 44.9 Å². The van der Waals surface area contributed by atoms with Crippen LogP contribution in [0.3, 0.4) is 0 Å². The highest BCUT2D eigenvalue weighted by atomic mass is 19.4. The number of ether oxygens (including phenoxy) is 4. The molecule has 0 bridgehead atoms. The average molecular weight is 560 g/mol. The third-order valence-electron chi connectivity index (χ3n) is 6.93.